The second kappa shape index (κ2) is 10.4. The van der Waals surface area contributed by atoms with Gasteiger partial charge in [-0.25, -0.2) is 9.97 Å². The molecule has 0 amide bonds. The Labute approximate surface area is 178 Å². The van der Waals surface area contributed by atoms with Gasteiger partial charge >= 0.3 is 5.97 Å². The summed E-state index contributed by atoms with van der Waals surface area (Å²) in [4.78, 5) is 19.9. The SMILES string of the molecule is CCCCOC(=O)C(N)CCSC[C@H]1O[C@@H](n2ccc3c(N)ncnc32)[C@H](O)[C@@H]1O. The Balaban J connectivity index is 1.50. The Morgan fingerprint density at radius 3 is 2.97 bits per heavy atom. The number of fused-ring (bicyclic) bond motifs is 1. The lowest BCUT2D eigenvalue weighted by atomic mass is 10.1. The highest BCUT2D eigenvalue weighted by atomic mass is 32.2. The Morgan fingerprint density at radius 2 is 2.20 bits per heavy atom. The number of nitrogens with two attached hydrogens (primary N) is 2. The molecule has 1 aliphatic rings. The standard InChI is InChI=1S/C19H29N5O5S/c1-2-3-7-28-19(27)12(20)5-8-30-9-13-14(25)15(26)18(29-13)24-6-4-11-16(21)22-10-23-17(11)24/h4,6,10,12-15,18,25-26H,2-3,5,7-9,20H2,1H3,(H2,21,22,23)/t12?,13-,14-,15-,18-/m1/s1. The number of aromatic nitrogens is 3. The fourth-order valence-electron chi connectivity index (χ4n) is 3.24. The van der Waals surface area contributed by atoms with E-state index in [0.717, 1.165) is 12.8 Å². The van der Waals surface area contributed by atoms with Gasteiger partial charge in [0.05, 0.1) is 18.1 Å². The molecule has 5 atom stereocenters. The van der Waals surface area contributed by atoms with Crippen molar-refractivity contribution in [1.82, 2.24) is 14.5 Å². The van der Waals surface area contributed by atoms with Gasteiger partial charge in [-0.15, -0.1) is 0 Å². The van der Waals surface area contributed by atoms with E-state index in [4.69, 9.17) is 20.9 Å². The van der Waals surface area contributed by atoms with Crippen LogP contribution in [0.15, 0.2) is 18.6 Å². The molecule has 2 aromatic heterocycles. The first-order valence-corrected chi connectivity index (χ1v) is 11.2. The molecule has 0 saturated carbocycles. The van der Waals surface area contributed by atoms with Gasteiger partial charge in [0.25, 0.3) is 0 Å². The van der Waals surface area contributed by atoms with Gasteiger partial charge in [0.15, 0.2) is 6.23 Å². The number of carbonyl (C=O) groups excluding carboxylic acids is 1. The number of aliphatic hydroxyl groups excluding tert-OH is 2. The third-order valence-corrected chi connectivity index (χ3v) is 6.14. The first-order valence-electron chi connectivity index (χ1n) is 10.0. The molecular formula is C19H29N5O5S. The number of anilines is 1. The van der Waals surface area contributed by atoms with E-state index in [1.54, 1.807) is 16.8 Å². The van der Waals surface area contributed by atoms with Crippen LogP contribution < -0.4 is 11.5 Å². The average molecular weight is 440 g/mol. The number of thioether (sulfide) groups is 1. The van der Waals surface area contributed by atoms with E-state index in [-0.39, 0.29) is 0 Å². The van der Waals surface area contributed by atoms with Gasteiger partial charge in [-0.05, 0) is 24.7 Å². The molecule has 2 aromatic rings. The van der Waals surface area contributed by atoms with E-state index < -0.39 is 36.6 Å². The first-order chi connectivity index (χ1) is 14.4. The Bertz CT molecular complexity index is 850. The summed E-state index contributed by atoms with van der Waals surface area (Å²) in [6.45, 7) is 2.41. The van der Waals surface area contributed by atoms with Gasteiger partial charge in [-0.2, -0.15) is 11.8 Å². The van der Waals surface area contributed by atoms with Crippen molar-refractivity contribution >= 4 is 34.6 Å². The van der Waals surface area contributed by atoms with Crippen molar-refractivity contribution in [2.45, 2.75) is 56.8 Å². The Hall–Kier alpha value is -1.92. The van der Waals surface area contributed by atoms with Crippen LogP contribution in [0.25, 0.3) is 11.0 Å². The Morgan fingerprint density at radius 1 is 1.40 bits per heavy atom. The van der Waals surface area contributed by atoms with Crippen molar-refractivity contribution in [1.29, 1.82) is 0 Å². The van der Waals surface area contributed by atoms with Crippen molar-refractivity contribution in [2.75, 3.05) is 23.8 Å². The molecule has 30 heavy (non-hydrogen) atoms. The molecule has 1 aliphatic heterocycles. The number of carbonyl (C=O) groups is 1. The predicted octanol–water partition coefficient (Wildman–Crippen LogP) is 0.427. The molecule has 0 aromatic carbocycles. The van der Waals surface area contributed by atoms with Gasteiger partial charge < -0.3 is 35.7 Å². The average Bonchev–Trinajstić information content (AvgIpc) is 3.28. The third-order valence-electron chi connectivity index (χ3n) is 5.05. The van der Waals surface area contributed by atoms with E-state index in [0.29, 0.717) is 41.4 Å². The minimum absolute atomic E-state index is 0.337. The number of unbranched alkanes of at least 4 members (excludes halogenated alkanes) is 1. The zero-order valence-electron chi connectivity index (χ0n) is 16.9. The lowest BCUT2D eigenvalue weighted by molar-refractivity contribution is -0.145. The zero-order valence-corrected chi connectivity index (χ0v) is 17.7. The molecule has 1 fully saturated rings. The maximum atomic E-state index is 11.8. The highest BCUT2D eigenvalue weighted by molar-refractivity contribution is 7.99. The van der Waals surface area contributed by atoms with Gasteiger partial charge in [-0.3, -0.25) is 4.79 Å². The molecule has 3 heterocycles. The minimum Gasteiger partial charge on any atom is -0.465 e. The first kappa shape index (κ1) is 22.8. The Kier molecular flexibility index (Phi) is 7.89. The van der Waals surface area contributed by atoms with Crippen LogP contribution in [0.1, 0.15) is 32.4 Å². The van der Waals surface area contributed by atoms with Gasteiger partial charge in [0, 0.05) is 11.9 Å². The van der Waals surface area contributed by atoms with Crippen LogP contribution in [0.4, 0.5) is 5.82 Å². The van der Waals surface area contributed by atoms with E-state index in [9.17, 15) is 15.0 Å². The fraction of sp³-hybridized carbons (Fsp3) is 0.632. The quantitative estimate of drug-likeness (QED) is 0.302. The summed E-state index contributed by atoms with van der Waals surface area (Å²) >= 11 is 1.50. The summed E-state index contributed by atoms with van der Waals surface area (Å²) in [6, 6.07) is 1.08. The van der Waals surface area contributed by atoms with Crippen LogP contribution in [0, 0.1) is 0 Å². The number of aliphatic hydroxyl groups is 2. The van der Waals surface area contributed by atoms with Crippen molar-refractivity contribution < 1.29 is 24.5 Å². The van der Waals surface area contributed by atoms with E-state index in [2.05, 4.69) is 9.97 Å². The highest BCUT2D eigenvalue weighted by Gasteiger charge is 2.43. The second-order valence-corrected chi connectivity index (χ2v) is 8.41. The van der Waals surface area contributed by atoms with Gasteiger partial charge in [0.1, 0.15) is 36.0 Å². The van der Waals surface area contributed by atoms with Crippen LogP contribution >= 0.6 is 11.8 Å². The lowest BCUT2D eigenvalue weighted by Gasteiger charge is -2.17. The van der Waals surface area contributed by atoms with Crippen LogP contribution in [0.5, 0.6) is 0 Å². The van der Waals surface area contributed by atoms with Crippen molar-refractivity contribution in [3.8, 4) is 0 Å². The van der Waals surface area contributed by atoms with Crippen LogP contribution in [0.2, 0.25) is 0 Å². The molecule has 1 unspecified atom stereocenters. The molecule has 0 spiro atoms. The van der Waals surface area contributed by atoms with E-state index in [1.165, 1.54) is 18.1 Å². The molecule has 0 bridgehead atoms. The fourth-order valence-corrected chi connectivity index (χ4v) is 4.34. The topological polar surface area (TPSA) is 159 Å². The minimum atomic E-state index is -1.11. The maximum Gasteiger partial charge on any atom is 0.322 e. The number of hydrogen-bond acceptors (Lipinski definition) is 10. The smallest absolute Gasteiger partial charge is 0.322 e. The van der Waals surface area contributed by atoms with Crippen molar-refractivity contribution in [3.05, 3.63) is 18.6 Å². The number of nitrogens with zero attached hydrogens (tertiary/aromatic N) is 3. The molecule has 10 nitrogen and oxygen atoms in total. The molecule has 166 valence electrons. The number of ether oxygens (including phenoxy) is 2. The predicted molar refractivity (Wildman–Crippen MR) is 114 cm³/mol. The number of nitrogen functional groups attached to an aromatic ring is 1. The highest BCUT2D eigenvalue weighted by Crippen LogP contribution is 2.34. The van der Waals surface area contributed by atoms with Crippen LogP contribution in [-0.2, 0) is 14.3 Å². The second-order valence-electron chi connectivity index (χ2n) is 7.26. The van der Waals surface area contributed by atoms with Gasteiger partial charge in [-0.1, -0.05) is 13.3 Å². The maximum absolute atomic E-state index is 11.8. The summed E-state index contributed by atoms with van der Waals surface area (Å²) in [5.74, 6) is 0.997. The van der Waals surface area contributed by atoms with Crippen molar-refractivity contribution in [2.24, 2.45) is 5.73 Å². The number of rotatable bonds is 10. The molecule has 1 saturated heterocycles. The summed E-state index contributed by atoms with van der Waals surface area (Å²) in [6.07, 6.45) is 1.77. The van der Waals surface area contributed by atoms with Crippen LogP contribution in [-0.4, -0.2) is 73.2 Å². The van der Waals surface area contributed by atoms with Crippen LogP contribution in [0.3, 0.4) is 0 Å². The molecule has 0 radical (unpaired) electrons. The lowest BCUT2D eigenvalue weighted by Crippen LogP contribution is -2.34. The normalized spacial score (nSPS) is 24.9. The van der Waals surface area contributed by atoms with E-state index in [1.807, 2.05) is 6.92 Å². The summed E-state index contributed by atoms with van der Waals surface area (Å²) in [5.41, 5.74) is 12.2. The van der Waals surface area contributed by atoms with E-state index >= 15 is 0 Å². The molecule has 6 N–H and O–H groups in total. The molecular weight excluding hydrogens is 410 g/mol. The van der Waals surface area contributed by atoms with Gasteiger partial charge in [0.2, 0.25) is 0 Å². The molecule has 3 rings (SSSR count). The molecule has 0 aliphatic carbocycles. The number of hydrogen-bond donors (Lipinski definition) is 4. The third kappa shape index (κ3) is 5.03. The monoisotopic (exact) mass is 439 g/mol. The largest absolute Gasteiger partial charge is 0.465 e. The number of esters is 1. The zero-order chi connectivity index (χ0) is 21.7. The molecule has 11 heteroatoms. The summed E-state index contributed by atoms with van der Waals surface area (Å²) < 4.78 is 12.7. The van der Waals surface area contributed by atoms with Crippen molar-refractivity contribution in [3.63, 3.8) is 0 Å². The summed E-state index contributed by atoms with van der Waals surface area (Å²) in [5, 5.41) is 21.6. The summed E-state index contributed by atoms with van der Waals surface area (Å²) in [7, 11) is 0.